The molecule has 0 aliphatic rings. The molecule has 3 aromatic carbocycles. The van der Waals surface area contributed by atoms with Crippen LogP contribution in [0.2, 0.25) is 0 Å². The molecule has 0 fully saturated rings. The van der Waals surface area contributed by atoms with E-state index < -0.39 is 26.9 Å². The van der Waals surface area contributed by atoms with E-state index in [1.54, 1.807) is 39.0 Å². The Morgan fingerprint density at radius 3 is 2.27 bits per heavy atom. The number of rotatable bonds is 5. The van der Waals surface area contributed by atoms with Crippen LogP contribution in [0.5, 0.6) is 5.75 Å². The molecule has 0 saturated carbocycles. The van der Waals surface area contributed by atoms with Crippen molar-refractivity contribution in [1.82, 2.24) is 4.57 Å². The number of carboxylic acids is 1. The monoisotopic (exact) mass is 467 g/mol. The van der Waals surface area contributed by atoms with Crippen molar-refractivity contribution < 1.29 is 27.8 Å². The SMILES string of the molecule is Cc1cc(-n2c(S(=O)(=O)C(C)C)c(-c3ccc(C(=O)O)cc3)c3c(O)cccc32)ccc1F. The third-order valence-corrected chi connectivity index (χ3v) is 7.81. The van der Waals surface area contributed by atoms with Gasteiger partial charge in [-0.25, -0.2) is 17.6 Å². The molecule has 0 atom stereocenters. The number of fused-ring (bicyclic) bond motifs is 1. The van der Waals surface area contributed by atoms with Gasteiger partial charge in [-0.05, 0) is 74.4 Å². The molecule has 4 rings (SSSR count). The number of sulfone groups is 1. The number of nitrogens with zero attached hydrogens (tertiary/aromatic N) is 1. The number of benzene rings is 3. The van der Waals surface area contributed by atoms with Gasteiger partial charge >= 0.3 is 5.97 Å². The van der Waals surface area contributed by atoms with Crippen LogP contribution in [0.15, 0.2) is 65.7 Å². The van der Waals surface area contributed by atoms with Gasteiger partial charge in [-0.1, -0.05) is 18.2 Å². The average Bonchev–Trinajstić information content (AvgIpc) is 3.13. The molecule has 1 aromatic heterocycles. The van der Waals surface area contributed by atoms with Crippen LogP contribution in [0.4, 0.5) is 4.39 Å². The molecular weight excluding hydrogens is 445 g/mol. The maximum Gasteiger partial charge on any atom is 0.335 e. The van der Waals surface area contributed by atoms with Crippen LogP contribution in [0, 0.1) is 12.7 Å². The summed E-state index contributed by atoms with van der Waals surface area (Å²) >= 11 is 0. The Balaban J connectivity index is 2.21. The smallest absolute Gasteiger partial charge is 0.335 e. The standard InChI is InChI=1S/C25H22FNO5S/c1-14(2)33(31,32)24-22(16-7-9-17(10-8-16)25(29)30)23-20(5-4-6-21(23)28)27(24)18-11-12-19(26)15(3)13-18/h4-14,28H,1-3H3,(H,29,30). The molecule has 4 aromatic rings. The minimum absolute atomic E-state index is 0.0501. The first-order chi connectivity index (χ1) is 15.5. The fourth-order valence-electron chi connectivity index (χ4n) is 3.86. The van der Waals surface area contributed by atoms with Crippen molar-refractivity contribution in [2.75, 3.05) is 0 Å². The molecule has 0 spiro atoms. The topological polar surface area (TPSA) is 96.6 Å². The molecule has 6 nitrogen and oxygen atoms in total. The van der Waals surface area contributed by atoms with Crippen molar-refractivity contribution in [3.63, 3.8) is 0 Å². The molecular formula is C25H22FNO5S. The second kappa shape index (κ2) is 8.04. The Morgan fingerprint density at radius 1 is 1.03 bits per heavy atom. The van der Waals surface area contributed by atoms with Crippen LogP contribution in [0.3, 0.4) is 0 Å². The van der Waals surface area contributed by atoms with Crippen molar-refractivity contribution in [3.05, 3.63) is 77.6 Å². The van der Waals surface area contributed by atoms with Gasteiger partial charge in [0.25, 0.3) is 0 Å². The van der Waals surface area contributed by atoms with Crippen molar-refractivity contribution in [1.29, 1.82) is 0 Å². The number of aryl methyl sites for hydroxylation is 1. The first kappa shape index (κ1) is 22.5. The summed E-state index contributed by atoms with van der Waals surface area (Å²) in [5.74, 6) is -1.65. The maximum absolute atomic E-state index is 14.0. The van der Waals surface area contributed by atoms with E-state index in [1.165, 1.54) is 47.0 Å². The first-order valence-corrected chi connectivity index (χ1v) is 11.8. The molecule has 1 heterocycles. The first-order valence-electron chi connectivity index (χ1n) is 10.2. The Morgan fingerprint density at radius 2 is 1.70 bits per heavy atom. The number of aromatic hydroxyl groups is 1. The molecule has 8 heteroatoms. The highest BCUT2D eigenvalue weighted by Gasteiger charge is 2.33. The van der Waals surface area contributed by atoms with Crippen LogP contribution in [-0.4, -0.2) is 34.4 Å². The largest absolute Gasteiger partial charge is 0.507 e. The summed E-state index contributed by atoms with van der Waals surface area (Å²) in [6.45, 7) is 4.71. The fraction of sp³-hybridized carbons (Fsp3) is 0.160. The summed E-state index contributed by atoms with van der Waals surface area (Å²) in [7, 11) is -3.92. The summed E-state index contributed by atoms with van der Waals surface area (Å²) in [4.78, 5) is 11.3. The van der Waals surface area contributed by atoms with Crippen molar-refractivity contribution in [2.45, 2.75) is 31.0 Å². The Hall–Kier alpha value is -3.65. The molecule has 170 valence electrons. The molecule has 0 aliphatic carbocycles. The third-order valence-electron chi connectivity index (χ3n) is 5.64. The zero-order valence-electron chi connectivity index (χ0n) is 18.2. The van der Waals surface area contributed by atoms with E-state index in [9.17, 15) is 27.8 Å². The molecule has 0 radical (unpaired) electrons. The Kier molecular flexibility index (Phi) is 5.49. The number of carboxylic acid groups (broad SMARTS) is 1. The molecule has 2 N–H and O–H groups in total. The van der Waals surface area contributed by atoms with Crippen LogP contribution in [-0.2, 0) is 9.84 Å². The zero-order chi connectivity index (χ0) is 24.1. The second-order valence-corrected chi connectivity index (χ2v) is 10.5. The van der Waals surface area contributed by atoms with E-state index >= 15 is 0 Å². The number of aromatic carboxylic acids is 1. The van der Waals surface area contributed by atoms with Crippen molar-refractivity contribution in [2.24, 2.45) is 0 Å². The quantitative estimate of drug-likeness (QED) is 0.414. The fourth-order valence-corrected chi connectivity index (χ4v) is 5.27. The molecule has 0 amide bonds. The maximum atomic E-state index is 14.0. The molecule has 33 heavy (non-hydrogen) atoms. The van der Waals surface area contributed by atoms with Crippen LogP contribution >= 0.6 is 0 Å². The minimum Gasteiger partial charge on any atom is -0.507 e. The lowest BCUT2D eigenvalue weighted by molar-refractivity contribution is 0.0697. The van der Waals surface area contributed by atoms with Crippen LogP contribution < -0.4 is 0 Å². The number of carbonyl (C=O) groups is 1. The zero-order valence-corrected chi connectivity index (χ0v) is 19.0. The van der Waals surface area contributed by atoms with E-state index in [0.29, 0.717) is 27.7 Å². The number of hydrogen-bond acceptors (Lipinski definition) is 4. The summed E-state index contributed by atoms with van der Waals surface area (Å²) < 4.78 is 42.8. The summed E-state index contributed by atoms with van der Waals surface area (Å²) in [6.07, 6.45) is 0. The van der Waals surface area contributed by atoms with E-state index in [0.717, 1.165) is 0 Å². The van der Waals surface area contributed by atoms with E-state index in [4.69, 9.17) is 0 Å². The summed E-state index contributed by atoms with van der Waals surface area (Å²) in [5, 5.41) is 19.5. The van der Waals surface area contributed by atoms with Crippen molar-refractivity contribution in [3.8, 4) is 22.6 Å². The lowest BCUT2D eigenvalue weighted by Gasteiger charge is -2.16. The highest BCUT2D eigenvalue weighted by molar-refractivity contribution is 7.92. The Bertz CT molecular complexity index is 1500. The van der Waals surface area contributed by atoms with Gasteiger partial charge in [0.2, 0.25) is 0 Å². The van der Waals surface area contributed by atoms with Crippen molar-refractivity contribution >= 4 is 26.7 Å². The van der Waals surface area contributed by atoms with E-state index in [2.05, 4.69) is 0 Å². The van der Waals surface area contributed by atoms with Gasteiger partial charge in [-0.15, -0.1) is 0 Å². The molecule has 0 unspecified atom stereocenters. The highest BCUT2D eigenvalue weighted by Crippen LogP contribution is 2.44. The lowest BCUT2D eigenvalue weighted by atomic mass is 10.0. The van der Waals surface area contributed by atoms with Crippen LogP contribution in [0.25, 0.3) is 27.7 Å². The summed E-state index contributed by atoms with van der Waals surface area (Å²) in [5.41, 5.74) is 1.94. The molecule has 0 bridgehead atoms. The molecule has 0 saturated heterocycles. The van der Waals surface area contributed by atoms with Gasteiger partial charge in [0.1, 0.15) is 16.6 Å². The van der Waals surface area contributed by atoms with Gasteiger partial charge in [0.05, 0.1) is 21.7 Å². The number of halogens is 1. The van der Waals surface area contributed by atoms with Gasteiger partial charge in [0, 0.05) is 11.3 Å². The lowest BCUT2D eigenvalue weighted by Crippen LogP contribution is -2.18. The highest BCUT2D eigenvalue weighted by atomic mass is 32.2. The predicted molar refractivity (Wildman–Crippen MR) is 124 cm³/mol. The molecule has 0 aliphatic heterocycles. The van der Waals surface area contributed by atoms with Gasteiger partial charge < -0.3 is 10.2 Å². The van der Waals surface area contributed by atoms with E-state index in [-0.39, 0.29) is 21.9 Å². The number of phenolic OH excluding ortho intramolecular Hbond substituents is 1. The number of phenols is 1. The van der Waals surface area contributed by atoms with Crippen LogP contribution in [0.1, 0.15) is 29.8 Å². The predicted octanol–water partition coefficient (Wildman–Crippen LogP) is 5.33. The average molecular weight is 468 g/mol. The van der Waals surface area contributed by atoms with E-state index in [1.807, 2.05) is 0 Å². The third kappa shape index (κ3) is 3.66. The van der Waals surface area contributed by atoms with Gasteiger partial charge in [-0.3, -0.25) is 4.57 Å². The normalized spacial score (nSPS) is 11.9. The number of hydrogen-bond donors (Lipinski definition) is 2. The van der Waals surface area contributed by atoms with Gasteiger partial charge in [0.15, 0.2) is 9.84 Å². The number of aromatic nitrogens is 1. The minimum atomic E-state index is -3.92. The summed E-state index contributed by atoms with van der Waals surface area (Å²) in [6, 6.07) is 14.9. The Labute approximate surface area is 190 Å². The second-order valence-electron chi connectivity index (χ2n) is 8.10. The van der Waals surface area contributed by atoms with Gasteiger partial charge in [-0.2, -0.15) is 0 Å².